The van der Waals surface area contributed by atoms with Crippen molar-refractivity contribution in [3.63, 3.8) is 0 Å². The summed E-state index contributed by atoms with van der Waals surface area (Å²) in [6.45, 7) is 7.77. The van der Waals surface area contributed by atoms with Gasteiger partial charge in [0.25, 0.3) is 0 Å². The Morgan fingerprint density at radius 1 is 1.07 bits per heavy atom. The van der Waals surface area contributed by atoms with Crippen LogP contribution in [-0.2, 0) is 0 Å². The lowest BCUT2D eigenvalue weighted by molar-refractivity contribution is 0.319. The molecular weight excluding hydrogens is 190 g/mol. The molecule has 0 bridgehead atoms. The quantitative estimate of drug-likeness (QED) is 0.807. The maximum Gasteiger partial charge on any atom is 0.122 e. The molecule has 0 amide bonds. The number of benzene rings is 1. The van der Waals surface area contributed by atoms with Crippen molar-refractivity contribution in [1.82, 2.24) is 0 Å². The average molecular weight is 209 g/mol. The van der Waals surface area contributed by atoms with Gasteiger partial charge in [-0.25, -0.2) is 0 Å². The molecule has 0 aliphatic rings. The molecule has 2 N–H and O–H groups in total. The highest BCUT2D eigenvalue weighted by molar-refractivity contribution is 5.45. The van der Waals surface area contributed by atoms with E-state index in [0.717, 1.165) is 22.6 Å². The van der Waals surface area contributed by atoms with Gasteiger partial charge in [0.15, 0.2) is 0 Å². The van der Waals surface area contributed by atoms with Gasteiger partial charge in [0, 0.05) is 6.54 Å². The van der Waals surface area contributed by atoms with E-state index in [-0.39, 0.29) is 0 Å². The summed E-state index contributed by atoms with van der Waals surface area (Å²) in [5.74, 6) is 1.82. The summed E-state index contributed by atoms with van der Waals surface area (Å²) < 4.78 is 11.0. The third-order valence-electron chi connectivity index (χ3n) is 2.15. The summed E-state index contributed by atoms with van der Waals surface area (Å²) in [6.07, 6.45) is 0. The van der Waals surface area contributed by atoms with Crippen molar-refractivity contribution in [3.8, 4) is 11.5 Å². The van der Waals surface area contributed by atoms with Gasteiger partial charge in [-0.1, -0.05) is 0 Å². The zero-order chi connectivity index (χ0) is 11.3. The Bertz CT molecular complexity index is 324. The predicted octanol–water partition coefficient (Wildman–Crippen LogP) is 2.04. The average Bonchev–Trinajstić information content (AvgIpc) is 2.21. The molecule has 0 radical (unpaired) electrons. The first-order valence-electron chi connectivity index (χ1n) is 5.26. The van der Waals surface area contributed by atoms with Crippen LogP contribution in [0, 0.1) is 13.8 Å². The Morgan fingerprint density at radius 3 is 2.07 bits per heavy atom. The van der Waals surface area contributed by atoms with Crippen LogP contribution in [0.15, 0.2) is 12.1 Å². The van der Waals surface area contributed by atoms with Crippen LogP contribution in [0.25, 0.3) is 0 Å². The van der Waals surface area contributed by atoms with Crippen LogP contribution >= 0.6 is 0 Å². The molecule has 3 nitrogen and oxygen atoms in total. The van der Waals surface area contributed by atoms with Crippen LogP contribution in [0.1, 0.15) is 18.1 Å². The topological polar surface area (TPSA) is 44.5 Å². The van der Waals surface area contributed by atoms with E-state index in [1.54, 1.807) is 0 Å². The van der Waals surface area contributed by atoms with Crippen LogP contribution in [0.4, 0.5) is 0 Å². The van der Waals surface area contributed by atoms with Crippen LogP contribution < -0.4 is 15.2 Å². The van der Waals surface area contributed by atoms with E-state index in [1.165, 1.54) is 0 Å². The van der Waals surface area contributed by atoms with E-state index in [1.807, 2.05) is 32.9 Å². The molecule has 1 rings (SSSR count). The summed E-state index contributed by atoms with van der Waals surface area (Å²) >= 11 is 0. The fourth-order valence-corrected chi connectivity index (χ4v) is 1.40. The molecule has 0 spiro atoms. The van der Waals surface area contributed by atoms with Gasteiger partial charge in [0.1, 0.15) is 18.1 Å². The Balaban J connectivity index is 2.87. The molecule has 0 atom stereocenters. The highest BCUT2D eigenvalue weighted by atomic mass is 16.5. The molecule has 0 saturated carbocycles. The number of aryl methyl sites for hydroxylation is 2. The number of rotatable bonds is 5. The molecule has 0 aliphatic carbocycles. The summed E-state index contributed by atoms with van der Waals surface area (Å²) in [4.78, 5) is 0. The van der Waals surface area contributed by atoms with Crippen molar-refractivity contribution in [3.05, 3.63) is 23.3 Å². The summed E-state index contributed by atoms with van der Waals surface area (Å²) in [6, 6.07) is 4.00. The molecule has 0 unspecified atom stereocenters. The lowest BCUT2D eigenvalue weighted by Crippen LogP contribution is -2.11. The van der Waals surface area contributed by atoms with E-state index in [0.29, 0.717) is 19.8 Å². The predicted molar refractivity (Wildman–Crippen MR) is 61.6 cm³/mol. The second kappa shape index (κ2) is 5.61. The molecule has 15 heavy (non-hydrogen) atoms. The minimum atomic E-state index is 0.533. The molecule has 1 aromatic rings. The molecule has 84 valence electrons. The van der Waals surface area contributed by atoms with Crippen LogP contribution in [-0.4, -0.2) is 19.8 Å². The van der Waals surface area contributed by atoms with Gasteiger partial charge in [0.05, 0.1) is 6.61 Å². The van der Waals surface area contributed by atoms with Crippen LogP contribution in [0.3, 0.4) is 0 Å². The number of hydrogen-bond donors (Lipinski definition) is 1. The molecule has 0 fully saturated rings. The van der Waals surface area contributed by atoms with Gasteiger partial charge in [-0.15, -0.1) is 0 Å². The first-order valence-corrected chi connectivity index (χ1v) is 5.26. The minimum Gasteiger partial charge on any atom is -0.494 e. The van der Waals surface area contributed by atoms with Crippen molar-refractivity contribution in [1.29, 1.82) is 0 Å². The van der Waals surface area contributed by atoms with Gasteiger partial charge < -0.3 is 15.2 Å². The molecule has 0 saturated heterocycles. The highest BCUT2D eigenvalue weighted by Gasteiger charge is 2.05. The fourth-order valence-electron chi connectivity index (χ4n) is 1.40. The minimum absolute atomic E-state index is 0.533. The summed E-state index contributed by atoms with van der Waals surface area (Å²) in [5, 5.41) is 0. The Hall–Kier alpha value is -1.22. The molecule has 0 aromatic heterocycles. The summed E-state index contributed by atoms with van der Waals surface area (Å²) in [5.41, 5.74) is 7.57. The third-order valence-corrected chi connectivity index (χ3v) is 2.15. The van der Waals surface area contributed by atoms with E-state index in [2.05, 4.69) is 0 Å². The Morgan fingerprint density at radius 2 is 1.60 bits per heavy atom. The second-order valence-corrected chi connectivity index (χ2v) is 3.45. The monoisotopic (exact) mass is 209 g/mol. The van der Waals surface area contributed by atoms with Crippen molar-refractivity contribution in [2.24, 2.45) is 5.73 Å². The van der Waals surface area contributed by atoms with E-state index < -0.39 is 0 Å². The first-order chi connectivity index (χ1) is 7.19. The Labute approximate surface area is 91.2 Å². The van der Waals surface area contributed by atoms with Crippen molar-refractivity contribution >= 4 is 0 Å². The third kappa shape index (κ3) is 3.13. The van der Waals surface area contributed by atoms with Gasteiger partial charge in [0.2, 0.25) is 0 Å². The molecule has 1 aromatic carbocycles. The largest absolute Gasteiger partial charge is 0.494 e. The van der Waals surface area contributed by atoms with Gasteiger partial charge in [-0.2, -0.15) is 0 Å². The first kappa shape index (κ1) is 11.9. The smallest absolute Gasteiger partial charge is 0.122 e. The fraction of sp³-hybridized carbons (Fsp3) is 0.500. The van der Waals surface area contributed by atoms with E-state index in [9.17, 15) is 0 Å². The number of nitrogens with two attached hydrogens (primary N) is 1. The van der Waals surface area contributed by atoms with Crippen LogP contribution in [0.5, 0.6) is 11.5 Å². The van der Waals surface area contributed by atoms with E-state index in [4.69, 9.17) is 15.2 Å². The zero-order valence-corrected chi connectivity index (χ0v) is 9.67. The van der Waals surface area contributed by atoms with Crippen molar-refractivity contribution in [2.75, 3.05) is 19.8 Å². The van der Waals surface area contributed by atoms with Gasteiger partial charge >= 0.3 is 0 Å². The molecular formula is C12H19NO2. The highest BCUT2D eigenvalue weighted by Crippen LogP contribution is 2.27. The Kier molecular flexibility index (Phi) is 4.43. The maximum absolute atomic E-state index is 5.52. The van der Waals surface area contributed by atoms with Gasteiger partial charge in [-0.05, 0) is 44.0 Å². The maximum atomic E-state index is 5.52. The van der Waals surface area contributed by atoms with Crippen LogP contribution in [0.2, 0.25) is 0 Å². The SMILES string of the molecule is CCOc1cc(C)c(OCCN)cc1C. The number of ether oxygens (including phenoxy) is 2. The standard InChI is InChI=1S/C12H19NO2/c1-4-14-11-7-10(3)12(8-9(11)2)15-6-5-13/h7-8H,4-6,13H2,1-3H3. The van der Waals surface area contributed by atoms with E-state index >= 15 is 0 Å². The normalized spacial score (nSPS) is 10.1. The van der Waals surface area contributed by atoms with Gasteiger partial charge in [-0.3, -0.25) is 0 Å². The van der Waals surface area contributed by atoms with Crippen molar-refractivity contribution in [2.45, 2.75) is 20.8 Å². The van der Waals surface area contributed by atoms with Crippen molar-refractivity contribution < 1.29 is 9.47 Å². The lowest BCUT2D eigenvalue weighted by Gasteiger charge is -2.13. The lowest BCUT2D eigenvalue weighted by atomic mass is 10.1. The molecule has 0 heterocycles. The molecule has 3 heteroatoms. The zero-order valence-electron chi connectivity index (χ0n) is 9.67. The second-order valence-electron chi connectivity index (χ2n) is 3.45. The number of hydrogen-bond acceptors (Lipinski definition) is 3. The summed E-state index contributed by atoms with van der Waals surface area (Å²) in [7, 11) is 0. The molecule has 0 aliphatic heterocycles.